The molecule has 2 atom stereocenters. The number of ether oxygens (including phenoxy) is 3. The van der Waals surface area contributed by atoms with Gasteiger partial charge in [0, 0.05) is 33.8 Å². The summed E-state index contributed by atoms with van der Waals surface area (Å²) in [7, 11) is 3.19. The van der Waals surface area contributed by atoms with Crippen LogP contribution in [0.5, 0.6) is 0 Å². The van der Waals surface area contributed by atoms with E-state index in [0.717, 1.165) is 0 Å². The van der Waals surface area contributed by atoms with E-state index in [1.54, 1.807) is 14.2 Å². The highest BCUT2D eigenvalue weighted by molar-refractivity contribution is 4.86. The van der Waals surface area contributed by atoms with E-state index in [-0.39, 0.29) is 12.3 Å². The van der Waals surface area contributed by atoms with Crippen molar-refractivity contribution < 1.29 is 19.3 Å². The molecule has 1 heterocycles. The summed E-state index contributed by atoms with van der Waals surface area (Å²) < 4.78 is 15.4. The molecule has 2 N–H and O–H groups in total. The number of hydrogen-bond acceptors (Lipinski definition) is 5. The number of methoxy groups -OCH3 is 2. The highest BCUT2D eigenvalue weighted by Crippen LogP contribution is 2.17. The van der Waals surface area contributed by atoms with Gasteiger partial charge in [0.2, 0.25) is 0 Å². The third-order valence-corrected chi connectivity index (χ3v) is 2.71. The predicted molar refractivity (Wildman–Crippen MR) is 55.7 cm³/mol. The lowest BCUT2D eigenvalue weighted by Gasteiger charge is -2.27. The second-order valence-electron chi connectivity index (χ2n) is 4.04. The molecule has 0 aromatic rings. The van der Waals surface area contributed by atoms with Crippen LogP contribution in [0.4, 0.5) is 0 Å². The van der Waals surface area contributed by atoms with E-state index in [9.17, 15) is 5.11 Å². The molecule has 1 rings (SSSR count). The third kappa shape index (κ3) is 3.70. The maximum absolute atomic E-state index is 10.00. The summed E-state index contributed by atoms with van der Waals surface area (Å²) in [6.07, 6.45) is 0.382. The Hall–Kier alpha value is -0.200. The van der Waals surface area contributed by atoms with Gasteiger partial charge in [-0.15, -0.1) is 0 Å². The molecule has 0 bridgehead atoms. The average molecular weight is 219 g/mol. The first-order valence-corrected chi connectivity index (χ1v) is 5.20. The van der Waals surface area contributed by atoms with E-state index in [2.05, 4.69) is 5.32 Å². The molecular weight excluding hydrogens is 198 g/mol. The lowest BCUT2D eigenvalue weighted by Crippen LogP contribution is -2.48. The Balaban J connectivity index is 2.29. The van der Waals surface area contributed by atoms with Crippen LogP contribution < -0.4 is 5.32 Å². The predicted octanol–water partition coefficient (Wildman–Crippen LogP) is -0.265. The molecule has 0 radical (unpaired) electrons. The van der Waals surface area contributed by atoms with Crippen LogP contribution in [0.2, 0.25) is 0 Å². The molecule has 0 saturated carbocycles. The second-order valence-corrected chi connectivity index (χ2v) is 4.04. The van der Waals surface area contributed by atoms with Crippen molar-refractivity contribution in [2.75, 3.05) is 34.0 Å². The Labute approximate surface area is 90.7 Å². The smallest absolute Gasteiger partial charge is 0.171 e. The van der Waals surface area contributed by atoms with Crippen molar-refractivity contribution >= 4 is 0 Å². The Morgan fingerprint density at radius 2 is 2.13 bits per heavy atom. The van der Waals surface area contributed by atoms with E-state index < -0.39 is 5.60 Å². The molecule has 0 spiro atoms. The van der Waals surface area contributed by atoms with Gasteiger partial charge in [-0.2, -0.15) is 0 Å². The molecule has 0 aliphatic carbocycles. The minimum absolute atomic E-state index is 0.0321. The van der Waals surface area contributed by atoms with Gasteiger partial charge in [-0.05, 0) is 6.92 Å². The van der Waals surface area contributed by atoms with Crippen molar-refractivity contribution in [3.63, 3.8) is 0 Å². The topological polar surface area (TPSA) is 60.0 Å². The minimum atomic E-state index is -0.736. The Kier molecular flexibility index (Phi) is 4.95. The fourth-order valence-electron chi connectivity index (χ4n) is 1.69. The van der Waals surface area contributed by atoms with Gasteiger partial charge >= 0.3 is 0 Å². The van der Waals surface area contributed by atoms with Crippen LogP contribution >= 0.6 is 0 Å². The Morgan fingerprint density at radius 3 is 2.60 bits per heavy atom. The van der Waals surface area contributed by atoms with Crippen molar-refractivity contribution in [2.24, 2.45) is 0 Å². The summed E-state index contributed by atoms with van der Waals surface area (Å²) in [4.78, 5) is 0. The zero-order valence-corrected chi connectivity index (χ0v) is 9.66. The van der Waals surface area contributed by atoms with Gasteiger partial charge in [0.25, 0.3) is 0 Å². The first-order chi connectivity index (χ1) is 7.11. The van der Waals surface area contributed by atoms with Crippen LogP contribution in [-0.2, 0) is 14.2 Å². The number of nitrogens with one attached hydrogen (secondary N) is 1. The van der Waals surface area contributed by atoms with Gasteiger partial charge in [-0.25, -0.2) is 0 Å². The van der Waals surface area contributed by atoms with Crippen molar-refractivity contribution in [3.05, 3.63) is 0 Å². The number of aliphatic hydroxyl groups is 1. The largest absolute Gasteiger partial charge is 0.386 e. The molecule has 5 heteroatoms. The molecule has 0 aromatic heterocycles. The fourth-order valence-corrected chi connectivity index (χ4v) is 1.69. The van der Waals surface area contributed by atoms with Crippen molar-refractivity contribution in [3.8, 4) is 0 Å². The molecule has 2 unspecified atom stereocenters. The van der Waals surface area contributed by atoms with Gasteiger partial charge in [0.15, 0.2) is 6.29 Å². The number of rotatable bonds is 6. The Morgan fingerprint density at radius 1 is 1.47 bits per heavy atom. The second kappa shape index (κ2) is 5.77. The van der Waals surface area contributed by atoms with Crippen LogP contribution in [0.1, 0.15) is 13.3 Å². The van der Waals surface area contributed by atoms with Crippen LogP contribution in [0.3, 0.4) is 0 Å². The van der Waals surface area contributed by atoms with Crippen LogP contribution in [0, 0.1) is 0 Å². The molecule has 15 heavy (non-hydrogen) atoms. The van der Waals surface area contributed by atoms with Gasteiger partial charge in [0.1, 0.15) is 5.60 Å². The third-order valence-electron chi connectivity index (χ3n) is 2.71. The normalized spacial score (nSPS) is 28.6. The zero-order valence-electron chi connectivity index (χ0n) is 9.66. The maximum atomic E-state index is 10.00. The molecule has 1 aliphatic heterocycles. The average Bonchev–Trinajstić information content (AvgIpc) is 2.65. The van der Waals surface area contributed by atoms with Gasteiger partial charge < -0.3 is 24.6 Å². The monoisotopic (exact) mass is 219 g/mol. The first-order valence-electron chi connectivity index (χ1n) is 5.20. The molecule has 1 aliphatic rings. The summed E-state index contributed by atoms with van der Waals surface area (Å²) in [5.74, 6) is 0. The minimum Gasteiger partial charge on any atom is -0.386 e. The van der Waals surface area contributed by atoms with Crippen LogP contribution in [0.15, 0.2) is 0 Å². The van der Waals surface area contributed by atoms with Gasteiger partial charge in [-0.3, -0.25) is 0 Å². The summed E-state index contributed by atoms with van der Waals surface area (Å²) in [6, 6.07) is 0.0321. The summed E-state index contributed by atoms with van der Waals surface area (Å²) in [5, 5.41) is 13.2. The summed E-state index contributed by atoms with van der Waals surface area (Å²) in [6.45, 7) is 3.48. The van der Waals surface area contributed by atoms with Crippen LogP contribution in [0.25, 0.3) is 0 Å². The van der Waals surface area contributed by atoms with E-state index >= 15 is 0 Å². The maximum Gasteiger partial charge on any atom is 0.171 e. The van der Waals surface area contributed by atoms with Gasteiger partial charge in [-0.1, -0.05) is 0 Å². The highest BCUT2D eigenvalue weighted by Gasteiger charge is 2.32. The van der Waals surface area contributed by atoms with Crippen LogP contribution in [-0.4, -0.2) is 57.0 Å². The van der Waals surface area contributed by atoms with E-state index in [0.29, 0.717) is 26.2 Å². The molecule has 1 fully saturated rings. The SMILES string of the molecule is COC(OC)C(C)NCC1(O)CCOC1. The molecule has 1 saturated heterocycles. The van der Waals surface area contributed by atoms with E-state index in [1.807, 2.05) is 6.92 Å². The van der Waals surface area contributed by atoms with E-state index in [4.69, 9.17) is 14.2 Å². The summed E-state index contributed by atoms with van der Waals surface area (Å²) >= 11 is 0. The van der Waals surface area contributed by atoms with E-state index in [1.165, 1.54) is 0 Å². The first kappa shape index (κ1) is 12.9. The fraction of sp³-hybridized carbons (Fsp3) is 1.00. The lowest BCUT2D eigenvalue weighted by atomic mass is 10.0. The standard InChI is InChI=1S/C10H21NO4/c1-8(9(13-2)14-3)11-6-10(12)4-5-15-7-10/h8-9,11-12H,4-7H2,1-3H3. The molecular formula is C10H21NO4. The Bertz CT molecular complexity index is 178. The van der Waals surface area contributed by atoms with Crippen molar-refractivity contribution in [1.29, 1.82) is 0 Å². The number of hydrogen-bond donors (Lipinski definition) is 2. The van der Waals surface area contributed by atoms with Crippen molar-refractivity contribution in [2.45, 2.75) is 31.3 Å². The van der Waals surface area contributed by atoms with Gasteiger partial charge in [0.05, 0.1) is 12.6 Å². The highest BCUT2D eigenvalue weighted by atomic mass is 16.7. The molecule has 5 nitrogen and oxygen atoms in total. The molecule has 0 amide bonds. The molecule has 90 valence electrons. The zero-order chi connectivity index (χ0) is 11.3. The summed E-state index contributed by atoms with van der Waals surface area (Å²) in [5.41, 5.74) is -0.736. The lowest BCUT2D eigenvalue weighted by molar-refractivity contribution is -0.121. The quantitative estimate of drug-likeness (QED) is 0.602. The van der Waals surface area contributed by atoms with Crippen molar-refractivity contribution in [1.82, 2.24) is 5.32 Å². The molecule has 0 aromatic carbocycles.